The fourth-order valence-corrected chi connectivity index (χ4v) is 11.2. The molecule has 0 fully saturated rings. The summed E-state index contributed by atoms with van der Waals surface area (Å²) in [6.07, 6.45) is 81.0. The minimum absolute atomic E-state index is 0.0656. The number of hydrogen-bond acceptors (Lipinski definition) is 6. The quantitative estimate of drug-likeness (QED) is 0.0261. The lowest BCUT2D eigenvalue weighted by Gasteiger charge is -2.18. The molecule has 0 aliphatic rings. The Morgan fingerprint density at radius 2 is 0.423 bits per heavy atom. The largest absolute Gasteiger partial charge is 0.462 e. The van der Waals surface area contributed by atoms with Gasteiger partial charge in [-0.05, 0) is 44.9 Å². The molecule has 0 aromatic carbocycles. The van der Waals surface area contributed by atoms with Crippen LogP contribution in [0.1, 0.15) is 412 Å². The van der Waals surface area contributed by atoms with Gasteiger partial charge in [0.25, 0.3) is 0 Å². The number of carbonyl (C=O) groups excluding carboxylic acids is 3. The highest BCUT2D eigenvalue weighted by atomic mass is 16.6. The van der Waals surface area contributed by atoms with Gasteiger partial charge in [0.15, 0.2) is 6.10 Å². The fraction of sp³-hybridized carbons (Fsp3) is 0.931. The van der Waals surface area contributed by atoms with Crippen LogP contribution < -0.4 is 0 Å². The Hall–Kier alpha value is -1.85. The van der Waals surface area contributed by atoms with Crippen LogP contribution in [0.15, 0.2) is 12.2 Å². The van der Waals surface area contributed by atoms with Gasteiger partial charge in [-0.15, -0.1) is 0 Å². The Balaban J connectivity index is 4.21. The number of carbonyl (C=O) groups is 3. The molecule has 0 aromatic heterocycles. The van der Waals surface area contributed by atoms with Crippen LogP contribution in [0.2, 0.25) is 0 Å². The minimum atomic E-state index is -0.770. The molecular weight excluding hydrogens is 961 g/mol. The monoisotopic (exact) mass is 1100 g/mol. The molecule has 6 nitrogen and oxygen atoms in total. The van der Waals surface area contributed by atoms with Crippen LogP contribution in [-0.4, -0.2) is 37.2 Å². The zero-order valence-electron chi connectivity index (χ0n) is 53.2. The number of unbranched alkanes of at least 4 members (excludes halogenated alkanes) is 54. The van der Waals surface area contributed by atoms with Crippen LogP contribution in [0, 0.1) is 0 Å². The van der Waals surface area contributed by atoms with Crippen molar-refractivity contribution in [2.75, 3.05) is 13.2 Å². The first-order chi connectivity index (χ1) is 38.5. The molecule has 0 aliphatic heterocycles. The summed E-state index contributed by atoms with van der Waals surface area (Å²) in [6, 6.07) is 0. The van der Waals surface area contributed by atoms with E-state index in [9.17, 15) is 14.4 Å². The Kier molecular flexibility index (Phi) is 66.0. The van der Waals surface area contributed by atoms with Gasteiger partial charge >= 0.3 is 17.9 Å². The van der Waals surface area contributed by atoms with Crippen molar-refractivity contribution >= 4 is 17.9 Å². The lowest BCUT2D eigenvalue weighted by atomic mass is 10.0. The van der Waals surface area contributed by atoms with Gasteiger partial charge in [-0.1, -0.05) is 360 Å². The summed E-state index contributed by atoms with van der Waals surface area (Å²) in [4.78, 5) is 38.4. The molecule has 0 N–H and O–H groups in total. The van der Waals surface area contributed by atoms with Gasteiger partial charge < -0.3 is 14.2 Å². The third-order valence-corrected chi connectivity index (χ3v) is 16.5. The maximum absolute atomic E-state index is 12.9. The topological polar surface area (TPSA) is 78.9 Å². The molecule has 0 amide bonds. The van der Waals surface area contributed by atoms with Crippen LogP contribution >= 0.6 is 0 Å². The van der Waals surface area contributed by atoms with E-state index in [4.69, 9.17) is 14.2 Å². The van der Waals surface area contributed by atoms with Crippen LogP contribution in [-0.2, 0) is 28.6 Å². The van der Waals surface area contributed by atoms with Crippen molar-refractivity contribution in [3.8, 4) is 0 Å². The predicted molar refractivity (Wildman–Crippen MR) is 340 cm³/mol. The van der Waals surface area contributed by atoms with Gasteiger partial charge in [-0.25, -0.2) is 0 Å². The van der Waals surface area contributed by atoms with Gasteiger partial charge in [-0.2, -0.15) is 0 Å². The predicted octanol–water partition coefficient (Wildman–Crippen LogP) is 24.4. The number of hydrogen-bond donors (Lipinski definition) is 0. The Morgan fingerprint density at radius 3 is 0.641 bits per heavy atom. The number of ether oxygens (including phenoxy) is 3. The van der Waals surface area contributed by atoms with E-state index in [0.29, 0.717) is 19.3 Å². The average molecular weight is 1100 g/mol. The molecule has 0 saturated carbocycles. The van der Waals surface area contributed by atoms with Crippen molar-refractivity contribution in [1.82, 2.24) is 0 Å². The van der Waals surface area contributed by atoms with E-state index in [-0.39, 0.29) is 31.1 Å². The van der Waals surface area contributed by atoms with Gasteiger partial charge in [0.05, 0.1) is 0 Å². The number of rotatable bonds is 67. The maximum Gasteiger partial charge on any atom is 0.306 e. The van der Waals surface area contributed by atoms with Crippen molar-refractivity contribution in [1.29, 1.82) is 0 Å². The highest BCUT2D eigenvalue weighted by molar-refractivity contribution is 5.71. The van der Waals surface area contributed by atoms with Gasteiger partial charge in [0.1, 0.15) is 13.2 Å². The van der Waals surface area contributed by atoms with Crippen LogP contribution in [0.5, 0.6) is 0 Å². The third kappa shape index (κ3) is 65.0. The zero-order valence-corrected chi connectivity index (χ0v) is 53.2. The van der Waals surface area contributed by atoms with Crippen molar-refractivity contribution in [2.24, 2.45) is 0 Å². The van der Waals surface area contributed by atoms with Crippen LogP contribution in [0.3, 0.4) is 0 Å². The minimum Gasteiger partial charge on any atom is -0.462 e. The summed E-state index contributed by atoms with van der Waals surface area (Å²) < 4.78 is 17.0. The molecule has 0 bridgehead atoms. The third-order valence-electron chi connectivity index (χ3n) is 16.5. The lowest BCUT2D eigenvalue weighted by molar-refractivity contribution is -0.167. The second kappa shape index (κ2) is 67.7. The summed E-state index contributed by atoms with van der Waals surface area (Å²) in [6.45, 7) is 6.72. The van der Waals surface area contributed by atoms with E-state index in [0.717, 1.165) is 64.2 Å². The summed E-state index contributed by atoms with van der Waals surface area (Å²) >= 11 is 0. The fourth-order valence-electron chi connectivity index (χ4n) is 11.2. The summed E-state index contributed by atoms with van der Waals surface area (Å²) in [7, 11) is 0. The average Bonchev–Trinajstić information content (AvgIpc) is 3.44. The molecule has 1 unspecified atom stereocenters. The molecule has 0 rings (SSSR count). The second-order valence-corrected chi connectivity index (χ2v) is 24.5. The Labute approximate surface area is 488 Å². The Morgan fingerprint density at radius 1 is 0.244 bits per heavy atom. The standard InChI is InChI=1S/C72H138O6/c1-4-7-10-13-16-19-22-25-28-31-32-33-34-35-36-37-38-39-40-42-44-47-50-53-56-59-62-65-71(74)77-68-69(67-76-70(73)64-61-58-55-52-49-46-43-30-27-24-21-18-15-12-9-6-3)78-72(75)66-63-60-57-54-51-48-45-41-29-26-23-20-17-14-11-8-5-2/h30,43,69H,4-29,31-42,44-68H2,1-3H3/b43-30-. The maximum atomic E-state index is 12.9. The van der Waals surface area contributed by atoms with E-state index < -0.39 is 6.10 Å². The van der Waals surface area contributed by atoms with Crippen LogP contribution in [0.4, 0.5) is 0 Å². The van der Waals surface area contributed by atoms with E-state index in [1.165, 1.54) is 308 Å². The smallest absolute Gasteiger partial charge is 0.306 e. The molecule has 0 spiro atoms. The zero-order chi connectivity index (χ0) is 56.4. The molecular formula is C72H138O6. The number of esters is 3. The van der Waals surface area contributed by atoms with Crippen LogP contribution in [0.25, 0.3) is 0 Å². The number of allylic oxidation sites excluding steroid dienone is 2. The van der Waals surface area contributed by atoms with Crippen molar-refractivity contribution in [2.45, 2.75) is 419 Å². The molecule has 78 heavy (non-hydrogen) atoms. The van der Waals surface area contributed by atoms with E-state index in [1.807, 2.05) is 0 Å². The van der Waals surface area contributed by atoms with E-state index in [2.05, 4.69) is 32.9 Å². The molecule has 1 atom stereocenters. The summed E-state index contributed by atoms with van der Waals surface area (Å²) in [5.74, 6) is -0.838. The summed E-state index contributed by atoms with van der Waals surface area (Å²) in [5, 5.41) is 0. The molecule has 0 radical (unpaired) electrons. The van der Waals surface area contributed by atoms with Gasteiger partial charge in [0, 0.05) is 19.3 Å². The highest BCUT2D eigenvalue weighted by Crippen LogP contribution is 2.19. The van der Waals surface area contributed by atoms with E-state index >= 15 is 0 Å². The first-order valence-corrected chi connectivity index (χ1v) is 35.7. The van der Waals surface area contributed by atoms with Crippen molar-refractivity contribution in [3.05, 3.63) is 12.2 Å². The van der Waals surface area contributed by atoms with Crippen molar-refractivity contribution < 1.29 is 28.6 Å². The Bertz CT molecular complexity index is 1210. The first kappa shape index (κ1) is 76.1. The molecule has 462 valence electrons. The summed E-state index contributed by atoms with van der Waals surface area (Å²) in [5.41, 5.74) is 0. The lowest BCUT2D eigenvalue weighted by Crippen LogP contribution is -2.30. The second-order valence-electron chi connectivity index (χ2n) is 24.5. The molecule has 0 aromatic rings. The first-order valence-electron chi connectivity index (χ1n) is 35.7. The normalized spacial score (nSPS) is 12.0. The SMILES string of the molecule is CCCCCCCCC/C=C\CCCCCCCC(=O)OCC(COC(=O)CCCCCCCCCCCCCCCCCCCCCCCCCCCCC)OC(=O)CCCCCCCCCCCCCCCCCCC. The molecule has 0 aliphatic carbocycles. The van der Waals surface area contributed by atoms with Crippen molar-refractivity contribution in [3.63, 3.8) is 0 Å². The molecule has 6 heteroatoms. The molecule has 0 heterocycles. The highest BCUT2D eigenvalue weighted by Gasteiger charge is 2.19. The van der Waals surface area contributed by atoms with E-state index in [1.54, 1.807) is 0 Å². The van der Waals surface area contributed by atoms with Gasteiger partial charge in [0.2, 0.25) is 0 Å². The molecule has 0 saturated heterocycles. The van der Waals surface area contributed by atoms with Gasteiger partial charge in [-0.3, -0.25) is 14.4 Å².